The van der Waals surface area contributed by atoms with Crippen molar-refractivity contribution >= 4 is 27.5 Å². The van der Waals surface area contributed by atoms with Crippen molar-refractivity contribution in [3.63, 3.8) is 0 Å². The van der Waals surface area contributed by atoms with Gasteiger partial charge >= 0.3 is 0 Å². The van der Waals surface area contributed by atoms with Crippen molar-refractivity contribution < 1.29 is 22.4 Å². The van der Waals surface area contributed by atoms with Crippen LogP contribution in [0.4, 0.5) is 10.1 Å². The highest BCUT2D eigenvalue weighted by Gasteiger charge is 2.28. The van der Waals surface area contributed by atoms with Crippen molar-refractivity contribution in [1.29, 1.82) is 0 Å². The summed E-state index contributed by atoms with van der Waals surface area (Å²) in [5.74, 6) is -1.66. The van der Waals surface area contributed by atoms with E-state index in [0.29, 0.717) is 25.9 Å². The molecule has 3 rings (SSSR count). The monoisotopic (exact) mass is 405 g/mol. The first-order chi connectivity index (χ1) is 13.3. The first-order valence-corrected chi connectivity index (χ1v) is 10.2. The molecule has 0 bridgehead atoms. The number of sulfonamides is 1. The zero-order valence-corrected chi connectivity index (χ0v) is 15.8. The quantitative estimate of drug-likeness (QED) is 0.792. The lowest BCUT2D eigenvalue weighted by Gasteiger charge is -2.31. The fourth-order valence-corrected chi connectivity index (χ4v) is 4.24. The van der Waals surface area contributed by atoms with Crippen LogP contribution in [0.3, 0.4) is 0 Å². The summed E-state index contributed by atoms with van der Waals surface area (Å²) >= 11 is 0. The number of carbonyl (C=O) groups excluding carboxylic acids is 2. The number of likely N-dealkylation sites (tertiary alicyclic amines) is 1. The van der Waals surface area contributed by atoms with Crippen molar-refractivity contribution in [2.24, 2.45) is 11.7 Å². The van der Waals surface area contributed by atoms with E-state index in [1.165, 1.54) is 24.3 Å². The minimum absolute atomic E-state index is 0.105. The Bertz CT molecular complexity index is 1000. The SMILES string of the molecule is NC(=O)C1CCN(C(=O)c2ccccc2NS(=O)(=O)c2cccc(F)c2)CC1. The number of piperidine rings is 1. The Labute approximate surface area is 162 Å². The minimum Gasteiger partial charge on any atom is -0.369 e. The van der Waals surface area contributed by atoms with Crippen LogP contribution in [0.5, 0.6) is 0 Å². The van der Waals surface area contributed by atoms with Gasteiger partial charge in [-0.3, -0.25) is 14.3 Å². The number of hydrogen-bond acceptors (Lipinski definition) is 4. The predicted molar refractivity (Wildman–Crippen MR) is 101 cm³/mol. The summed E-state index contributed by atoms with van der Waals surface area (Å²) in [4.78, 5) is 25.5. The first-order valence-electron chi connectivity index (χ1n) is 8.74. The first kappa shape index (κ1) is 19.8. The van der Waals surface area contributed by atoms with Gasteiger partial charge in [-0.15, -0.1) is 0 Å². The van der Waals surface area contributed by atoms with Crippen LogP contribution in [0, 0.1) is 11.7 Å². The smallest absolute Gasteiger partial charge is 0.262 e. The summed E-state index contributed by atoms with van der Waals surface area (Å²) in [7, 11) is -4.06. The van der Waals surface area contributed by atoms with E-state index in [1.807, 2.05) is 0 Å². The zero-order chi connectivity index (χ0) is 20.3. The summed E-state index contributed by atoms with van der Waals surface area (Å²) in [5, 5.41) is 0. The summed E-state index contributed by atoms with van der Waals surface area (Å²) in [6.45, 7) is 0.717. The Morgan fingerprint density at radius 1 is 1.07 bits per heavy atom. The molecule has 0 saturated carbocycles. The van der Waals surface area contributed by atoms with Crippen LogP contribution in [-0.4, -0.2) is 38.2 Å². The number of nitrogens with one attached hydrogen (secondary N) is 1. The molecule has 2 aromatic carbocycles. The molecule has 0 aliphatic carbocycles. The minimum atomic E-state index is -4.06. The number of nitrogens with two attached hydrogens (primary N) is 1. The lowest BCUT2D eigenvalue weighted by atomic mass is 9.96. The number of primary amides is 1. The number of rotatable bonds is 5. The number of carbonyl (C=O) groups is 2. The van der Waals surface area contributed by atoms with Crippen LogP contribution in [-0.2, 0) is 14.8 Å². The van der Waals surface area contributed by atoms with Crippen LogP contribution >= 0.6 is 0 Å². The maximum absolute atomic E-state index is 13.4. The molecule has 1 heterocycles. The molecule has 9 heteroatoms. The van der Waals surface area contributed by atoms with E-state index < -0.39 is 15.8 Å². The number of benzene rings is 2. The number of hydrogen-bond donors (Lipinski definition) is 2. The molecule has 1 saturated heterocycles. The second-order valence-electron chi connectivity index (χ2n) is 6.58. The van der Waals surface area contributed by atoms with E-state index in [1.54, 1.807) is 17.0 Å². The average molecular weight is 405 g/mol. The van der Waals surface area contributed by atoms with Crippen molar-refractivity contribution in [1.82, 2.24) is 4.90 Å². The van der Waals surface area contributed by atoms with E-state index in [2.05, 4.69) is 4.72 Å². The number of para-hydroxylation sites is 1. The van der Waals surface area contributed by atoms with Crippen LogP contribution in [0.1, 0.15) is 23.2 Å². The summed E-state index contributed by atoms with van der Waals surface area (Å²) < 4.78 is 40.9. The molecule has 0 aromatic heterocycles. The van der Waals surface area contributed by atoms with Gasteiger partial charge in [-0.25, -0.2) is 12.8 Å². The topological polar surface area (TPSA) is 110 Å². The highest BCUT2D eigenvalue weighted by molar-refractivity contribution is 7.92. The van der Waals surface area contributed by atoms with Gasteiger partial charge in [0.15, 0.2) is 0 Å². The molecule has 0 radical (unpaired) electrons. The van der Waals surface area contributed by atoms with Crippen LogP contribution in [0.2, 0.25) is 0 Å². The van der Waals surface area contributed by atoms with Gasteiger partial charge < -0.3 is 10.6 Å². The molecular weight excluding hydrogens is 385 g/mol. The third kappa shape index (κ3) is 4.30. The van der Waals surface area contributed by atoms with Crippen LogP contribution < -0.4 is 10.5 Å². The van der Waals surface area contributed by atoms with Crippen molar-refractivity contribution in [3.8, 4) is 0 Å². The molecule has 2 aromatic rings. The van der Waals surface area contributed by atoms with E-state index in [0.717, 1.165) is 12.1 Å². The maximum atomic E-state index is 13.4. The lowest BCUT2D eigenvalue weighted by molar-refractivity contribution is -0.123. The second kappa shape index (κ2) is 7.97. The van der Waals surface area contributed by atoms with Gasteiger partial charge in [-0.1, -0.05) is 18.2 Å². The van der Waals surface area contributed by atoms with Crippen molar-refractivity contribution in [3.05, 3.63) is 59.9 Å². The standard InChI is InChI=1S/C19H20FN3O4S/c20-14-4-3-5-15(12-14)28(26,27)22-17-7-2-1-6-16(17)19(25)23-10-8-13(9-11-23)18(21)24/h1-7,12-13,22H,8-11H2,(H2,21,24). The van der Waals surface area contributed by atoms with Gasteiger partial charge in [0.1, 0.15) is 5.82 Å². The molecule has 0 unspecified atom stereocenters. The molecule has 0 spiro atoms. The fraction of sp³-hybridized carbons (Fsp3) is 0.263. The van der Waals surface area contributed by atoms with Gasteiger partial charge in [0.05, 0.1) is 16.1 Å². The Kier molecular flexibility index (Phi) is 5.64. The summed E-state index contributed by atoms with van der Waals surface area (Å²) in [5.41, 5.74) is 5.60. The molecule has 148 valence electrons. The molecule has 2 amide bonds. The van der Waals surface area contributed by atoms with Gasteiger partial charge in [-0.05, 0) is 43.2 Å². The molecule has 7 nitrogen and oxygen atoms in total. The van der Waals surface area contributed by atoms with E-state index >= 15 is 0 Å². The maximum Gasteiger partial charge on any atom is 0.262 e. The molecule has 28 heavy (non-hydrogen) atoms. The Morgan fingerprint density at radius 2 is 1.75 bits per heavy atom. The number of halogens is 1. The van der Waals surface area contributed by atoms with Crippen LogP contribution in [0.25, 0.3) is 0 Å². The Balaban J connectivity index is 1.82. The molecule has 0 atom stereocenters. The number of nitrogens with zero attached hydrogens (tertiary/aromatic N) is 1. The molecule has 1 aliphatic rings. The molecular formula is C19H20FN3O4S. The largest absolute Gasteiger partial charge is 0.369 e. The summed E-state index contributed by atoms with van der Waals surface area (Å²) in [6, 6.07) is 10.8. The fourth-order valence-electron chi connectivity index (χ4n) is 3.13. The van der Waals surface area contributed by atoms with Gasteiger partial charge in [0.2, 0.25) is 5.91 Å². The lowest BCUT2D eigenvalue weighted by Crippen LogP contribution is -2.42. The third-order valence-electron chi connectivity index (χ3n) is 4.69. The third-order valence-corrected chi connectivity index (χ3v) is 6.06. The zero-order valence-electron chi connectivity index (χ0n) is 15.0. The Hall–Kier alpha value is -2.94. The summed E-state index contributed by atoms with van der Waals surface area (Å²) in [6.07, 6.45) is 0.941. The van der Waals surface area contributed by atoms with E-state index in [9.17, 15) is 22.4 Å². The van der Waals surface area contributed by atoms with Crippen molar-refractivity contribution in [2.45, 2.75) is 17.7 Å². The molecule has 1 aliphatic heterocycles. The predicted octanol–water partition coefficient (Wildman–Crippen LogP) is 1.96. The number of amides is 2. The number of anilines is 1. The Morgan fingerprint density at radius 3 is 2.39 bits per heavy atom. The molecule has 1 fully saturated rings. The van der Waals surface area contributed by atoms with Gasteiger partial charge in [0.25, 0.3) is 15.9 Å². The highest BCUT2D eigenvalue weighted by atomic mass is 32.2. The van der Waals surface area contributed by atoms with E-state index in [4.69, 9.17) is 5.73 Å². The van der Waals surface area contributed by atoms with Crippen LogP contribution in [0.15, 0.2) is 53.4 Å². The highest BCUT2D eigenvalue weighted by Crippen LogP contribution is 2.24. The van der Waals surface area contributed by atoms with E-state index in [-0.39, 0.29) is 33.9 Å². The second-order valence-corrected chi connectivity index (χ2v) is 8.26. The normalized spacial score (nSPS) is 15.2. The average Bonchev–Trinajstić information content (AvgIpc) is 2.68. The molecule has 3 N–H and O–H groups in total. The van der Waals surface area contributed by atoms with Gasteiger partial charge in [0, 0.05) is 19.0 Å². The van der Waals surface area contributed by atoms with Crippen molar-refractivity contribution in [2.75, 3.05) is 17.8 Å². The van der Waals surface area contributed by atoms with Gasteiger partial charge in [-0.2, -0.15) is 0 Å².